The van der Waals surface area contributed by atoms with Crippen molar-refractivity contribution in [3.63, 3.8) is 0 Å². The first-order valence-electron chi connectivity index (χ1n) is 2.50. The van der Waals surface area contributed by atoms with Crippen molar-refractivity contribution in [3.8, 4) is 0 Å². The fourth-order valence-electron chi connectivity index (χ4n) is 0.340. The van der Waals surface area contributed by atoms with Crippen molar-refractivity contribution < 1.29 is 4.79 Å². The topological polar surface area (TPSA) is 43.1 Å². The van der Waals surface area contributed by atoms with Crippen LogP contribution in [0.1, 0.15) is 13.8 Å². The maximum absolute atomic E-state index is 10.4. The predicted molar refractivity (Wildman–Crippen MR) is 37.1 cm³/mol. The molecule has 0 aliphatic heterocycles. The van der Waals surface area contributed by atoms with Crippen LogP contribution in [-0.4, -0.2) is 17.1 Å². The van der Waals surface area contributed by atoms with E-state index in [1.54, 1.807) is 6.92 Å². The summed E-state index contributed by atoms with van der Waals surface area (Å²) in [6, 6.07) is -0.404. The van der Waals surface area contributed by atoms with Crippen molar-refractivity contribution in [2.45, 2.75) is 25.1 Å². The lowest BCUT2D eigenvalue weighted by Crippen LogP contribution is -2.35. The molecule has 0 aromatic rings. The zero-order valence-electron chi connectivity index (χ0n) is 5.09. The molecule has 0 heterocycles. The van der Waals surface area contributed by atoms with Crippen molar-refractivity contribution in [1.82, 2.24) is 0 Å². The Morgan fingerprint density at radius 3 is 2.12 bits per heavy atom. The van der Waals surface area contributed by atoms with Crippen LogP contribution in [0.15, 0.2) is 0 Å². The molecule has 0 spiro atoms. The van der Waals surface area contributed by atoms with E-state index in [-0.39, 0.29) is 11.0 Å². The molecule has 3 heteroatoms. The van der Waals surface area contributed by atoms with Crippen molar-refractivity contribution >= 4 is 18.4 Å². The van der Waals surface area contributed by atoms with E-state index in [0.29, 0.717) is 0 Å². The average Bonchev–Trinajstić information content (AvgIpc) is 1.64. The Bertz CT molecular complexity index is 92.4. The SMILES string of the molecule is CC(=O)C(N)C(C)S. The minimum Gasteiger partial charge on any atom is -0.321 e. The van der Waals surface area contributed by atoms with E-state index in [1.807, 2.05) is 0 Å². The van der Waals surface area contributed by atoms with E-state index in [4.69, 9.17) is 5.73 Å². The molecule has 2 unspecified atom stereocenters. The van der Waals surface area contributed by atoms with Gasteiger partial charge in [-0.3, -0.25) is 4.79 Å². The molecule has 0 aromatic carbocycles. The second-order valence-electron chi connectivity index (χ2n) is 1.88. The molecule has 0 aliphatic rings. The maximum atomic E-state index is 10.4. The van der Waals surface area contributed by atoms with Gasteiger partial charge in [-0.05, 0) is 6.92 Å². The van der Waals surface area contributed by atoms with Gasteiger partial charge in [0.05, 0.1) is 6.04 Å². The van der Waals surface area contributed by atoms with E-state index in [1.165, 1.54) is 6.92 Å². The number of carbonyl (C=O) groups is 1. The number of hydrogen-bond donors (Lipinski definition) is 2. The fraction of sp³-hybridized carbons (Fsp3) is 0.800. The number of rotatable bonds is 2. The fourth-order valence-corrected chi connectivity index (χ4v) is 0.550. The molecule has 0 aliphatic carbocycles. The molecule has 48 valence electrons. The van der Waals surface area contributed by atoms with Crippen molar-refractivity contribution in [2.24, 2.45) is 5.73 Å². The van der Waals surface area contributed by atoms with Crippen LogP contribution in [0, 0.1) is 0 Å². The van der Waals surface area contributed by atoms with Crippen molar-refractivity contribution in [1.29, 1.82) is 0 Å². The molecule has 0 aromatic heterocycles. The van der Waals surface area contributed by atoms with Crippen molar-refractivity contribution in [3.05, 3.63) is 0 Å². The third-order valence-corrected chi connectivity index (χ3v) is 1.31. The lowest BCUT2D eigenvalue weighted by Gasteiger charge is -2.08. The minimum absolute atomic E-state index is 0.00694. The third kappa shape index (κ3) is 2.33. The molecule has 0 bridgehead atoms. The standard InChI is InChI=1S/C5H11NOS/c1-3(7)5(6)4(2)8/h4-5,8H,6H2,1-2H3. The van der Waals surface area contributed by atoms with Gasteiger partial charge in [-0.2, -0.15) is 12.6 Å². The third-order valence-electron chi connectivity index (χ3n) is 0.989. The van der Waals surface area contributed by atoms with Crippen LogP contribution >= 0.6 is 12.6 Å². The zero-order chi connectivity index (χ0) is 6.73. The Balaban J connectivity index is 3.64. The van der Waals surface area contributed by atoms with Gasteiger partial charge >= 0.3 is 0 Å². The van der Waals surface area contributed by atoms with E-state index < -0.39 is 6.04 Å². The van der Waals surface area contributed by atoms with Gasteiger partial charge in [0.2, 0.25) is 0 Å². The molecule has 0 saturated carbocycles. The van der Waals surface area contributed by atoms with Gasteiger partial charge in [0, 0.05) is 5.25 Å². The van der Waals surface area contributed by atoms with E-state index in [0.717, 1.165) is 0 Å². The predicted octanol–water partition coefficient (Wildman–Crippen LogP) is 0.221. The summed E-state index contributed by atoms with van der Waals surface area (Å²) in [5.41, 5.74) is 5.33. The first-order valence-corrected chi connectivity index (χ1v) is 3.01. The largest absolute Gasteiger partial charge is 0.321 e. The van der Waals surface area contributed by atoms with Crippen LogP contribution < -0.4 is 5.73 Å². The van der Waals surface area contributed by atoms with Crippen LogP contribution in [0.4, 0.5) is 0 Å². The summed E-state index contributed by atoms with van der Waals surface area (Å²) in [6.07, 6.45) is 0. The number of Topliss-reactive ketones (excluding diaryl/α,β-unsaturated/α-hetero) is 1. The Morgan fingerprint density at radius 1 is 1.75 bits per heavy atom. The Kier molecular flexibility index (Phi) is 3.09. The highest BCUT2D eigenvalue weighted by atomic mass is 32.1. The summed E-state index contributed by atoms with van der Waals surface area (Å²) >= 11 is 3.99. The minimum atomic E-state index is -0.404. The normalized spacial score (nSPS) is 17.5. The van der Waals surface area contributed by atoms with Gasteiger partial charge in [0.1, 0.15) is 5.78 Å². The second kappa shape index (κ2) is 3.10. The van der Waals surface area contributed by atoms with E-state index >= 15 is 0 Å². The molecule has 0 radical (unpaired) electrons. The number of nitrogens with two attached hydrogens (primary N) is 1. The maximum Gasteiger partial charge on any atom is 0.147 e. The summed E-state index contributed by atoms with van der Waals surface area (Å²) in [5.74, 6) is -0.00694. The monoisotopic (exact) mass is 133 g/mol. The van der Waals surface area contributed by atoms with Crippen LogP contribution in [-0.2, 0) is 4.79 Å². The summed E-state index contributed by atoms with van der Waals surface area (Å²) in [5, 5.41) is -0.0347. The van der Waals surface area contributed by atoms with Gasteiger partial charge in [-0.25, -0.2) is 0 Å². The molecule has 8 heavy (non-hydrogen) atoms. The molecule has 0 saturated heterocycles. The Hall–Kier alpha value is -0.0200. The second-order valence-corrected chi connectivity index (χ2v) is 2.69. The van der Waals surface area contributed by atoms with E-state index in [2.05, 4.69) is 12.6 Å². The van der Waals surface area contributed by atoms with Crippen LogP contribution in [0.3, 0.4) is 0 Å². The average molecular weight is 133 g/mol. The van der Waals surface area contributed by atoms with Gasteiger partial charge in [0.15, 0.2) is 0 Å². The molecule has 0 rings (SSSR count). The molecule has 0 amide bonds. The van der Waals surface area contributed by atoms with Gasteiger partial charge in [-0.1, -0.05) is 6.92 Å². The lowest BCUT2D eigenvalue weighted by molar-refractivity contribution is -0.118. The highest BCUT2D eigenvalue weighted by Gasteiger charge is 2.11. The highest BCUT2D eigenvalue weighted by Crippen LogP contribution is 1.97. The molecule has 2 atom stereocenters. The quantitative estimate of drug-likeness (QED) is 0.529. The Labute approximate surface area is 54.9 Å². The van der Waals surface area contributed by atoms with Gasteiger partial charge < -0.3 is 5.73 Å². The number of thiol groups is 1. The molecule has 2 N–H and O–H groups in total. The molecule has 2 nitrogen and oxygen atoms in total. The summed E-state index contributed by atoms with van der Waals surface area (Å²) < 4.78 is 0. The van der Waals surface area contributed by atoms with Crippen LogP contribution in [0.2, 0.25) is 0 Å². The Morgan fingerprint density at radius 2 is 2.12 bits per heavy atom. The number of ketones is 1. The zero-order valence-corrected chi connectivity index (χ0v) is 5.98. The first-order chi connectivity index (χ1) is 3.55. The summed E-state index contributed by atoms with van der Waals surface area (Å²) in [7, 11) is 0. The molecular weight excluding hydrogens is 122 g/mol. The number of hydrogen-bond acceptors (Lipinski definition) is 3. The molecule has 0 fully saturated rings. The van der Waals surface area contributed by atoms with Crippen LogP contribution in [0.25, 0.3) is 0 Å². The van der Waals surface area contributed by atoms with Gasteiger partial charge in [-0.15, -0.1) is 0 Å². The summed E-state index contributed by atoms with van der Waals surface area (Å²) in [6.45, 7) is 3.27. The highest BCUT2D eigenvalue weighted by molar-refractivity contribution is 7.81. The van der Waals surface area contributed by atoms with Crippen LogP contribution in [0.5, 0.6) is 0 Å². The summed E-state index contributed by atoms with van der Waals surface area (Å²) in [4.78, 5) is 10.4. The van der Waals surface area contributed by atoms with Gasteiger partial charge in [0.25, 0.3) is 0 Å². The van der Waals surface area contributed by atoms with Crippen molar-refractivity contribution in [2.75, 3.05) is 0 Å². The smallest absolute Gasteiger partial charge is 0.147 e. The van der Waals surface area contributed by atoms with E-state index in [9.17, 15) is 4.79 Å². The molecular formula is C5H11NOS. The lowest BCUT2D eigenvalue weighted by atomic mass is 10.2. The number of carbonyl (C=O) groups excluding carboxylic acids is 1. The first kappa shape index (κ1) is 7.98.